The number of benzene rings is 2. The summed E-state index contributed by atoms with van der Waals surface area (Å²) in [7, 11) is -3.89. The van der Waals surface area contributed by atoms with Gasteiger partial charge in [0.1, 0.15) is 5.82 Å². The van der Waals surface area contributed by atoms with E-state index in [0.29, 0.717) is 4.09 Å². The van der Waals surface area contributed by atoms with E-state index in [-0.39, 0.29) is 21.3 Å². The third kappa shape index (κ3) is 3.54. The Morgan fingerprint density at radius 2 is 1.84 bits per heavy atom. The van der Waals surface area contributed by atoms with Crippen LogP contribution in [0.1, 0.15) is 10.5 Å². The third-order valence-corrected chi connectivity index (χ3v) is 5.14. The van der Waals surface area contributed by atoms with Crippen LogP contribution in [-0.4, -0.2) is 23.5 Å². The van der Waals surface area contributed by atoms with Gasteiger partial charge in [0.05, 0.1) is 15.6 Å². The molecule has 0 atom stereocenters. The smallest absolute Gasteiger partial charge is 0.282 e. The quantitative estimate of drug-likeness (QED) is 0.755. The Morgan fingerprint density at radius 3 is 2.52 bits per heavy atom. The van der Waals surface area contributed by atoms with Crippen LogP contribution in [0.3, 0.4) is 0 Å². The number of amides is 1. The van der Waals surface area contributed by atoms with Crippen molar-refractivity contribution in [2.24, 2.45) is 0 Å². The van der Waals surface area contributed by atoms with Gasteiger partial charge in [-0.3, -0.25) is 4.79 Å². The van der Waals surface area contributed by atoms with Crippen molar-refractivity contribution in [3.63, 3.8) is 0 Å². The number of anilines is 1. The molecule has 3 rings (SSSR count). The molecule has 0 unspecified atom stereocenters. The molecule has 0 aliphatic carbocycles. The van der Waals surface area contributed by atoms with Crippen molar-refractivity contribution in [2.75, 3.05) is 5.32 Å². The molecule has 0 fully saturated rings. The van der Waals surface area contributed by atoms with E-state index in [9.17, 15) is 17.6 Å². The van der Waals surface area contributed by atoms with Crippen LogP contribution >= 0.6 is 11.6 Å². The molecule has 0 saturated carbocycles. The second-order valence-corrected chi connectivity index (χ2v) is 7.17. The number of nitrogens with one attached hydrogen (secondary N) is 1. The summed E-state index contributed by atoms with van der Waals surface area (Å²) >= 11 is 5.84. The van der Waals surface area contributed by atoms with Gasteiger partial charge in [0.15, 0.2) is 5.69 Å². The third-order valence-electron chi connectivity index (χ3n) is 3.27. The Hall–Kier alpha value is -2.71. The minimum absolute atomic E-state index is 0.0182. The minimum Gasteiger partial charge on any atom is -0.319 e. The lowest BCUT2D eigenvalue weighted by molar-refractivity contribution is 0.102. The van der Waals surface area contributed by atoms with Gasteiger partial charge in [0.25, 0.3) is 15.9 Å². The predicted octanol–water partition coefficient (Wildman–Crippen LogP) is 3.16. The number of hydrogen-bond donors (Lipinski definition) is 1. The lowest BCUT2D eigenvalue weighted by Crippen LogP contribution is -2.17. The van der Waals surface area contributed by atoms with Crippen LogP contribution in [0.5, 0.6) is 0 Å². The first-order valence-corrected chi connectivity index (χ1v) is 8.82. The van der Waals surface area contributed by atoms with Crippen molar-refractivity contribution in [1.29, 1.82) is 0 Å². The van der Waals surface area contributed by atoms with Crippen molar-refractivity contribution in [2.45, 2.75) is 4.90 Å². The average Bonchev–Trinajstić information content (AvgIpc) is 3.09. The molecule has 1 heterocycles. The molecule has 0 aliphatic heterocycles. The van der Waals surface area contributed by atoms with Crippen molar-refractivity contribution in [3.05, 3.63) is 77.3 Å². The van der Waals surface area contributed by atoms with E-state index < -0.39 is 21.7 Å². The van der Waals surface area contributed by atoms with Gasteiger partial charge in [-0.25, -0.2) is 4.39 Å². The summed E-state index contributed by atoms with van der Waals surface area (Å²) in [6, 6.07) is 12.5. The van der Waals surface area contributed by atoms with Crippen LogP contribution in [0.2, 0.25) is 5.02 Å². The Morgan fingerprint density at radius 1 is 1.12 bits per heavy atom. The van der Waals surface area contributed by atoms with Gasteiger partial charge in [-0.15, -0.1) is 0 Å². The Labute approximate surface area is 147 Å². The van der Waals surface area contributed by atoms with E-state index in [2.05, 4.69) is 10.4 Å². The maximum absolute atomic E-state index is 13.0. The van der Waals surface area contributed by atoms with Crippen LogP contribution in [0.15, 0.2) is 65.7 Å². The van der Waals surface area contributed by atoms with Crippen LogP contribution in [0, 0.1) is 5.82 Å². The van der Waals surface area contributed by atoms with Crippen LogP contribution < -0.4 is 5.32 Å². The highest BCUT2D eigenvalue weighted by Gasteiger charge is 2.20. The topological polar surface area (TPSA) is 81.1 Å². The van der Waals surface area contributed by atoms with E-state index in [1.807, 2.05) is 0 Å². The summed E-state index contributed by atoms with van der Waals surface area (Å²) in [6.07, 6.45) is 1.17. The molecule has 1 amide bonds. The molecule has 3 aromatic rings. The maximum atomic E-state index is 13.0. The van der Waals surface area contributed by atoms with Crippen molar-refractivity contribution in [3.8, 4) is 0 Å². The lowest BCUT2D eigenvalue weighted by atomic mass is 10.3. The molecule has 0 spiro atoms. The number of aromatic nitrogens is 2. The number of halogens is 2. The summed E-state index contributed by atoms with van der Waals surface area (Å²) in [5.41, 5.74) is 0.0634. The van der Waals surface area contributed by atoms with Crippen molar-refractivity contribution in [1.82, 2.24) is 9.19 Å². The highest BCUT2D eigenvalue weighted by atomic mass is 35.5. The Balaban J connectivity index is 1.85. The Kier molecular flexibility index (Phi) is 4.56. The summed E-state index contributed by atoms with van der Waals surface area (Å²) in [6.45, 7) is 0. The van der Waals surface area contributed by atoms with Crippen LogP contribution in [0.25, 0.3) is 0 Å². The van der Waals surface area contributed by atoms with Crippen LogP contribution in [-0.2, 0) is 10.0 Å². The molecule has 128 valence electrons. The molecular weight excluding hydrogens is 369 g/mol. The fourth-order valence-electron chi connectivity index (χ4n) is 2.04. The fourth-order valence-corrected chi connectivity index (χ4v) is 3.39. The number of carbonyl (C=O) groups excluding carboxylic acids is 1. The van der Waals surface area contributed by atoms with E-state index in [1.165, 1.54) is 30.5 Å². The minimum atomic E-state index is -3.89. The van der Waals surface area contributed by atoms with E-state index in [1.54, 1.807) is 18.2 Å². The maximum Gasteiger partial charge on any atom is 0.282 e. The second kappa shape index (κ2) is 6.66. The molecule has 0 saturated heterocycles. The Bertz CT molecular complexity index is 1040. The number of carbonyl (C=O) groups is 1. The first-order chi connectivity index (χ1) is 11.9. The molecule has 25 heavy (non-hydrogen) atoms. The first-order valence-electron chi connectivity index (χ1n) is 7.00. The van der Waals surface area contributed by atoms with E-state index >= 15 is 0 Å². The number of rotatable bonds is 4. The molecule has 1 aromatic heterocycles. The molecule has 6 nitrogen and oxygen atoms in total. The molecule has 9 heteroatoms. The summed E-state index contributed by atoms with van der Waals surface area (Å²) in [5.74, 6) is -1.21. The zero-order valence-corrected chi connectivity index (χ0v) is 14.1. The van der Waals surface area contributed by atoms with Gasteiger partial charge in [0.2, 0.25) is 0 Å². The van der Waals surface area contributed by atoms with Crippen molar-refractivity contribution < 1.29 is 17.6 Å². The van der Waals surface area contributed by atoms with E-state index in [0.717, 1.165) is 12.1 Å². The SMILES string of the molecule is O=C(Nc1ccc(F)cc1Cl)c1ccn(S(=O)(=O)c2ccccc2)n1. The van der Waals surface area contributed by atoms with Gasteiger partial charge in [-0.05, 0) is 36.4 Å². The van der Waals surface area contributed by atoms with E-state index in [4.69, 9.17) is 11.6 Å². The summed E-state index contributed by atoms with van der Waals surface area (Å²) in [4.78, 5) is 12.2. The normalized spacial score (nSPS) is 11.3. The monoisotopic (exact) mass is 379 g/mol. The standard InChI is InChI=1S/C16H11ClFN3O3S/c17-13-10-11(18)6-7-14(13)19-16(22)15-8-9-21(20-15)25(23,24)12-4-2-1-3-5-12/h1-10H,(H,19,22). The molecule has 0 aliphatic rings. The first kappa shape index (κ1) is 17.1. The molecule has 2 aromatic carbocycles. The summed E-state index contributed by atoms with van der Waals surface area (Å²) in [5, 5.41) is 6.27. The molecule has 0 bridgehead atoms. The summed E-state index contributed by atoms with van der Waals surface area (Å²) < 4.78 is 38.6. The van der Waals surface area contributed by atoms with Gasteiger partial charge in [-0.2, -0.15) is 17.6 Å². The highest BCUT2D eigenvalue weighted by Crippen LogP contribution is 2.23. The van der Waals surface area contributed by atoms with Gasteiger partial charge in [-0.1, -0.05) is 29.8 Å². The van der Waals surface area contributed by atoms with Crippen LogP contribution in [0.4, 0.5) is 10.1 Å². The number of nitrogens with zero attached hydrogens (tertiary/aromatic N) is 2. The number of hydrogen-bond acceptors (Lipinski definition) is 4. The molecular formula is C16H11ClFN3O3S. The fraction of sp³-hybridized carbons (Fsp3) is 0. The zero-order chi connectivity index (χ0) is 18.0. The lowest BCUT2D eigenvalue weighted by Gasteiger charge is -2.06. The molecule has 1 N–H and O–H groups in total. The second-order valence-electron chi connectivity index (χ2n) is 4.97. The van der Waals surface area contributed by atoms with Gasteiger partial charge >= 0.3 is 0 Å². The predicted molar refractivity (Wildman–Crippen MR) is 90.6 cm³/mol. The van der Waals surface area contributed by atoms with Gasteiger partial charge in [0, 0.05) is 6.20 Å². The zero-order valence-electron chi connectivity index (χ0n) is 12.6. The highest BCUT2D eigenvalue weighted by molar-refractivity contribution is 7.89. The largest absolute Gasteiger partial charge is 0.319 e. The van der Waals surface area contributed by atoms with Crippen molar-refractivity contribution >= 4 is 33.2 Å². The average molecular weight is 380 g/mol. The van der Waals surface area contributed by atoms with Gasteiger partial charge < -0.3 is 5.32 Å². The molecule has 0 radical (unpaired) electrons.